The molecule has 0 unspecified atom stereocenters. The minimum atomic E-state index is 0.636. The lowest BCUT2D eigenvalue weighted by atomic mass is 10.3. The summed E-state index contributed by atoms with van der Waals surface area (Å²) in [5.41, 5.74) is 0.858. The van der Waals surface area contributed by atoms with Crippen LogP contribution in [0.25, 0.3) is 0 Å². The van der Waals surface area contributed by atoms with Crippen molar-refractivity contribution in [1.82, 2.24) is 0 Å². The van der Waals surface area contributed by atoms with E-state index in [1.165, 1.54) is 0 Å². The van der Waals surface area contributed by atoms with Crippen LogP contribution in [0.4, 0.5) is 5.69 Å². The van der Waals surface area contributed by atoms with E-state index in [0.29, 0.717) is 24.8 Å². The normalized spacial score (nSPS) is 10.4. The third-order valence-electron chi connectivity index (χ3n) is 2.37. The summed E-state index contributed by atoms with van der Waals surface area (Å²) in [5.74, 6) is 0.780. The molecule has 1 aromatic carbocycles. The molecule has 1 N–H and O–H groups in total. The zero-order chi connectivity index (χ0) is 13.2. The first-order chi connectivity index (χ1) is 8.77. The Balaban J connectivity index is 2.22. The van der Waals surface area contributed by atoms with E-state index in [1.807, 2.05) is 18.2 Å². The maximum absolute atomic E-state index is 6.06. The SMILES string of the molecule is COCCCOCCNc1cc(OC)ccc1Cl. The Labute approximate surface area is 113 Å². The van der Waals surface area contributed by atoms with Crippen molar-refractivity contribution in [2.75, 3.05) is 45.9 Å². The third-order valence-corrected chi connectivity index (χ3v) is 2.70. The van der Waals surface area contributed by atoms with Gasteiger partial charge in [-0.05, 0) is 18.6 Å². The van der Waals surface area contributed by atoms with Crippen molar-refractivity contribution in [3.05, 3.63) is 23.2 Å². The van der Waals surface area contributed by atoms with Crippen LogP contribution >= 0.6 is 11.6 Å². The molecule has 4 nitrogen and oxygen atoms in total. The van der Waals surface area contributed by atoms with Crippen molar-refractivity contribution < 1.29 is 14.2 Å². The summed E-state index contributed by atoms with van der Waals surface area (Å²) in [5, 5.41) is 3.89. The first-order valence-electron chi connectivity index (χ1n) is 5.92. The Morgan fingerprint density at radius 3 is 2.72 bits per heavy atom. The Hall–Kier alpha value is -0.970. The van der Waals surface area contributed by atoms with Crippen LogP contribution in [-0.4, -0.2) is 40.6 Å². The third kappa shape index (κ3) is 5.58. The molecule has 18 heavy (non-hydrogen) atoms. The van der Waals surface area contributed by atoms with Crippen molar-refractivity contribution in [3.8, 4) is 5.75 Å². The maximum atomic E-state index is 6.06. The van der Waals surface area contributed by atoms with Crippen molar-refractivity contribution in [2.45, 2.75) is 6.42 Å². The largest absolute Gasteiger partial charge is 0.497 e. The second-order valence-electron chi connectivity index (χ2n) is 3.73. The Bertz CT molecular complexity index is 347. The molecule has 0 bridgehead atoms. The first-order valence-corrected chi connectivity index (χ1v) is 6.30. The van der Waals surface area contributed by atoms with Gasteiger partial charge in [-0.1, -0.05) is 11.6 Å². The molecule has 0 aliphatic carbocycles. The highest BCUT2D eigenvalue weighted by molar-refractivity contribution is 6.33. The van der Waals surface area contributed by atoms with E-state index in [1.54, 1.807) is 14.2 Å². The number of benzene rings is 1. The maximum Gasteiger partial charge on any atom is 0.121 e. The number of methoxy groups -OCH3 is 2. The van der Waals surface area contributed by atoms with Gasteiger partial charge in [-0.3, -0.25) is 0 Å². The lowest BCUT2D eigenvalue weighted by molar-refractivity contribution is 0.109. The van der Waals surface area contributed by atoms with Gasteiger partial charge < -0.3 is 19.5 Å². The van der Waals surface area contributed by atoms with Gasteiger partial charge in [-0.15, -0.1) is 0 Å². The van der Waals surface area contributed by atoms with Gasteiger partial charge in [-0.25, -0.2) is 0 Å². The van der Waals surface area contributed by atoms with Gasteiger partial charge in [0.15, 0.2) is 0 Å². The highest BCUT2D eigenvalue weighted by Gasteiger charge is 2.01. The van der Waals surface area contributed by atoms with Crippen molar-refractivity contribution in [3.63, 3.8) is 0 Å². The monoisotopic (exact) mass is 273 g/mol. The van der Waals surface area contributed by atoms with Gasteiger partial charge in [-0.2, -0.15) is 0 Å². The van der Waals surface area contributed by atoms with Gasteiger partial charge in [0.1, 0.15) is 5.75 Å². The van der Waals surface area contributed by atoms with E-state index in [9.17, 15) is 0 Å². The van der Waals surface area contributed by atoms with E-state index in [0.717, 1.165) is 24.5 Å². The Morgan fingerprint density at radius 2 is 2.00 bits per heavy atom. The van der Waals surface area contributed by atoms with E-state index >= 15 is 0 Å². The number of hydrogen-bond acceptors (Lipinski definition) is 4. The Kier molecular flexibility index (Phi) is 7.57. The Morgan fingerprint density at radius 1 is 1.17 bits per heavy atom. The lowest BCUT2D eigenvalue weighted by Gasteiger charge is -2.10. The molecule has 0 aromatic heterocycles. The summed E-state index contributed by atoms with van der Waals surface area (Å²) in [4.78, 5) is 0. The number of ether oxygens (including phenoxy) is 3. The second kappa shape index (κ2) is 9.03. The molecule has 1 aromatic rings. The van der Waals surface area contributed by atoms with Crippen LogP contribution in [0.5, 0.6) is 5.75 Å². The topological polar surface area (TPSA) is 39.7 Å². The van der Waals surface area contributed by atoms with E-state index in [4.69, 9.17) is 25.8 Å². The van der Waals surface area contributed by atoms with Crippen molar-refractivity contribution >= 4 is 17.3 Å². The van der Waals surface area contributed by atoms with Gasteiger partial charge in [0.25, 0.3) is 0 Å². The van der Waals surface area contributed by atoms with E-state index < -0.39 is 0 Å². The summed E-state index contributed by atoms with van der Waals surface area (Å²) in [6.07, 6.45) is 0.913. The molecule has 0 amide bonds. The van der Waals surface area contributed by atoms with E-state index in [2.05, 4.69) is 5.32 Å². The fourth-order valence-corrected chi connectivity index (χ4v) is 1.62. The van der Waals surface area contributed by atoms with Crippen LogP contribution in [0.15, 0.2) is 18.2 Å². The zero-order valence-corrected chi connectivity index (χ0v) is 11.6. The molecule has 0 radical (unpaired) electrons. The molecular weight excluding hydrogens is 254 g/mol. The molecule has 1 rings (SSSR count). The fraction of sp³-hybridized carbons (Fsp3) is 0.538. The highest BCUT2D eigenvalue weighted by atomic mass is 35.5. The highest BCUT2D eigenvalue weighted by Crippen LogP contribution is 2.26. The van der Waals surface area contributed by atoms with Crippen LogP contribution in [0.1, 0.15) is 6.42 Å². The molecule has 0 saturated carbocycles. The second-order valence-corrected chi connectivity index (χ2v) is 4.14. The van der Waals surface area contributed by atoms with Crippen LogP contribution in [0.2, 0.25) is 5.02 Å². The standard InChI is InChI=1S/C13H20ClNO3/c1-16-7-3-8-18-9-6-15-13-10-11(17-2)4-5-12(13)14/h4-5,10,15H,3,6-9H2,1-2H3. The minimum Gasteiger partial charge on any atom is -0.497 e. The van der Waals surface area contributed by atoms with Crippen molar-refractivity contribution in [1.29, 1.82) is 0 Å². The molecule has 0 atom stereocenters. The van der Waals surface area contributed by atoms with Crippen LogP contribution in [0, 0.1) is 0 Å². The fourth-order valence-electron chi connectivity index (χ4n) is 1.43. The predicted molar refractivity (Wildman–Crippen MR) is 73.8 cm³/mol. The lowest BCUT2D eigenvalue weighted by Crippen LogP contribution is -2.11. The number of nitrogens with one attached hydrogen (secondary N) is 1. The van der Waals surface area contributed by atoms with Crippen molar-refractivity contribution in [2.24, 2.45) is 0 Å². The quantitative estimate of drug-likeness (QED) is 0.703. The summed E-state index contributed by atoms with van der Waals surface area (Å²) in [6.45, 7) is 2.79. The predicted octanol–water partition coefficient (Wildman–Crippen LogP) is 2.81. The average molecular weight is 274 g/mol. The van der Waals surface area contributed by atoms with Gasteiger partial charge in [0.2, 0.25) is 0 Å². The number of anilines is 1. The molecule has 0 aliphatic rings. The van der Waals surface area contributed by atoms with E-state index in [-0.39, 0.29) is 0 Å². The first kappa shape index (κ1) is 15.1. The molecule has 0 aliphatic heterocycles. The van der Waals surface area contributed by atoms with Crippen LogP contribution in [-0.2, 0) is 9.47 Å². The average Bonchev–Trinajstić information content (AvgIpc) is 2.39. The molecule has 0 spiro atoms. The van der Waals surface area contributed by atoms with Crippen LogP contribution in [0.3, 0.4) is 0 Å². The van der Waals surface area contributed by atoms with Crippen LogP contribution < -0.4 is 10.1 Å². The molecule has 5 heteroatoms. The molecule has 0 fully saturated rings. The molecule has 0 heterocycles. The number of rotatable bonds is 9. The summed E-state index contributed by atoms with van der Waals surface area (Å²) >= 11 is 6.06. The smallest absolute Gasteiger partial charge is 0.121 e. The number of halogens is 1. The van der Waals surface area contributed by atoms with Gasteiger partial charge in [0.05, 0.1) is 24.4 Å². The zero-order valence-electron chi connectivity index (χ0n) is 10.9. The molecule has 0 saturated heterocycles. The minimum absolute atomic E-state index is 0.636. The molecular formula is C13H20ClNO3. The summed E-state index contributed by atoms with van der Waals surface area (Å²) in [6, 6.07) is 5.50. The van der Waals surface area contributed by atoms with Gasteiger partial charge in [0, 0.05) is 32.9 Å². The molecule has 102 valence electrons. The van der Waals surface area contributed by atoms with Gasteiger partial charge >= 0.3 is 0 Å². The summed E-state index contributed by atoms with van der Waals surface area (Å²) < 4.78 is 15.5. The number of hydrogen-bond donors (Lipinski definition) is 1. The summed E-state index contributed by atoms with van der Waals surface area (Å²) in [7, 11) is 3.32.